The summed E-state index contributed by atoms with van der Waals surface area (Å²) in [5.74, 6) is 0. The topological polar surface area (TPSA) is 51.6 Å². The van der Waals surface area contributed by atoms with Crippen LogP contribution in [0, 0.1) is 0 Å². The second-order valence-electron chi connectivity index (χ2n) is 4.56. The lowest BCUT2D eigenvalue weighted by atomic mass is 10.2. The first kappa shape index (κ1) is 13.2. The highest BCUT2D eigenvalue weighted by Crippen LogP contribution is 2.34. The Morgan fingerprint density at radius 2 is 0.818 bits per heavy atom. The van der Waals surface area contributed by atoms with Crippen LogP contribution in [-0.4, -0.2) is 20.4 Å². The van der Waals surface area contributed by atoms with Crippen LogP contribution in [0.25, 0.3) is 31.2 Å². The summed E-state index contributed by atoms with van der Waals surface area (Å²) in [4.78, 5) is 0. The summed E-state index contributed by atoms with van der Waals surface area (Å²) in [7, 11) is 0. The largest absolute Gasteiger partial charge is 0.178 e. The Morgan fingerprint density at radius 3 is 1.23 bits per heavy atom. The molecule has 0 N–H and O–H groups in total. The van der Waals surface area contributed by atoms with Gasteiger partial charge in [-0.2, -0.15) is 0 Å². The SMILES string of the molecule is c1ccc(-c2nnc(-c3nnc(-c4ccccc4)s3)s2)cc1. The van der Waals surface area contributed by atoms with Crippen LogP contribution in [0.15, 0.2) is 60.7 Å². The summed E-state index contributed by atoms with van der Waals surface area (Å²) in [6, 6.07) is 20.1. The van der Waals surface area contributed by atoms with Crippen molar-refractivity contribution >= 4 is 22.7 Å². The first-order valence-electron chi connectivity index (χ1n) is 6.68. The van der Waals surface area contributed by atoms with Gasteiger partial charge >= 0.3 is 0 Å². The monoisotopic (exact) mass is 322 g/mol. The van der Waals surface area contributed by atoms with Crippen LogP contribution in [0.1, 0.15) is 0 Å². The minimum atomic E-state index is 0.804. The third-order valence-electron chi connectivity index (χ3n) is 3.07. The molecule has 0 aliphatic carbocycles. The first-order valence-corrected chi connectivity index (χ1v) is 8.32. The van der Waals surface area contributed by atoms with E-state index in [0.717, 1.165) is 31.2 Å². The van der Waals surface area contributed by atoms with Gasteiger partial charge in [0.2, 0.25) is 0 Å². The van der Waals surface area contributed by atoms with Crippen molar-refractivity contribution in [3.05, 3.63) is 60.7 Å². The Bertz CT molecular complexity index is 809. The van der Waals surface area contributed by atoms with E-state index in [0.29, 0.717) is 0 Å². The highest BCUT2D eigenvalue weighted by molar-refractivity contribution is 7.24. The fourth-order valence-corrected chi connectivity index (χ4v) is 3.72. The Balaban J connectivity index is 1.66. The van der Waals surface area contributed by atoms with Crippen molar-refractivity contribution in [1.82, 2.24) is 20.4 Å². The smallest absolute Gasteiger partial charge is 0.138 e. The van der Waals surface area contributed by atoms with Crippen molar-refractivity contribution in [3.63, 3.8) is 0 Å². The van der Waals surface area contributed by atoms with Crippen LogP contribution < -0.4 is 0 Å². The van der Waals surface area contributed by atoms with Gasteiger partial charge in [0.05, 0.1) is 0 Å². The van der Waals surface area contributed by atoms with Crippen molar-refractivity contribution in [2.45, 2.75) is 0 Å². The van der Waals surface area contributed by atoms with E-state index in [1.165, 1.54) is 22.7 Å². The van der Waals surface area contributed by atoms with Crippen LogP contribution in [0.2, 0.25) is 0 Å². The maximum absolute atomic E-state index is 4.25. The van der Waals surface area contributed by atoms with E-state index in [1.807, 2.05) is 60.7 Å². The van der Waals surface area contributed by atoms with E-state index in [9.17, 15) is 0 Å². The van der Waals surface area contributed by atoms with Crippen LogP contribution in [-0.2, 0) is 0 Å². The summed E-state index contributed by atoms with van der Waals surface area (Å²) in [5, 5.41) is 20.4. The van der Waals surface area contributed by atoms with Gasteiger partial charge < -0.3 is 0 Å². The molecule has 2 aromatic heterocycles. The minimum Gasteiger partial charge on any atom is -0.138 e. The molecule has 0 unspecified atom stereocenters. The molecule has 2 aromatic carbocycles. The van der Waals surface area contributed by atoms with Crippen LogP contribution >= 0.6 is 22.7 Å². The average Bonchev–Trinajstić information content (AvgIpc) is 3.26. The van der Waals surface area contributed by atoms with Gasteiger partial charge in [0.25, 0.3) is 0 Å². The Morgan fingerprint density at radius 1 is 0.455 bits per heavy atom. The molecule has 0 saturated heterocycles. The molecular weight excluding hydrogens is 312 g/mol. The van der Waals surface area contributed by atoms with Crippen LogP contribution in [0.5, 0.6) is 0 Å². The van der Waals surface area contributed by atoms with Gasteiger partial charge in [0.15, 0.2) is 10.0 Å². The highest BCUT2D eigenvalue weighted by atomic mass is 32.1. The molecule has 0 spiro atoms. The first-order chi connectivity index (χ1) is 10.9. The van der Waals surface area contributed by atoms with Gasteiger partial charge in [-0.25, -0.2) is 0 Å². The second kappa shape index (κ2) is 5.75. The van der Waals surface area contributed by atoms with Gasteiger partial charge in [-0.15, -0.1) is 20.4 Å². The number of benzene rings is 2. The number of hydrogen-bond acceptors (Lipinski definition) is 6. The molecule has 106 valence electrons. The Kier molecular flexibility index (Phi) is 3.46. The molecule has 0 atom stereocenters. The molecule has 4 nitrogen and oxygen atoms in total. The highest BCUT2D eigenvalue weighted by Gasteiger charge is 2.14. The summed E-state index contributed by atoms with van der Waals surface area (Å²) in [6.45, 7) is 0. The van der Waals surface area contributed by atoms with Crippen molar-refractivity contribution in [3.8, 4) is 31.2 Å². The van der Waals surface area contributed by atoms with Crippen molar-refractivity contribution < 1.29 is 0 Å². The van der Waals surface area contributed by atoms with Gasteiger partial charge in [-0.1, -0.05) is 83.3 Å². The third-order valence-corrected chi connectivity index (χ3v) is 5.16. The zero-order valence-electron chi connectivity index (χ0n) is 11.4. The molecule has 0 radical (unpaired) electrons. The molecular formula is C16H10N4S2. The predicted molar refractivity (Wildman–Crippen MR) is 89.7 cm³/mol. The van der Waals surface area contributed by atoms with E-state index in [4.69, 9.17) is 0 Å². The molecule has 4 aromatic rings. The lowest BCUT2D eigenvalue weighted by Crippen LogP contribution is -1.76. The summed E-state index contributed by atoms with van der Waals surface area (Å²) in [5.41, 5.74) is 2.14. The zero-order valence-corrected chi connectivity index (χ0v) is 13.0. The molecule has 4 rings (SSSR count). The average molecular weight is 322 g/mol. The maximum Gasteiger partial charge on any atom is 0.178 e. The lowest BCUT2D eigenvalue weighted by molar-refractivity contribution is 1.06. The molecule has 6 heteroatoms. The van der Waals surface area contributed by atoms with Crippen molar-refractivity contribution in [2.24, 2.45) is 0 Å². The molecule has 0 bridgehead atoms. The van der Waals surface area contributed by atoms with E-state index in [1.54, 1.807) is 0 Å². The third kappa shape index (κ3) is 2.54. The van der Waals surface area contributed by atoms with Crippen molar-refractivity contribution in [1.29, 1.82) is 0 Å². The fraction of sp³-hybridized carbons (Fsp3) is 0. The van der Waals surface area contributed by atoms with Gasteiger partial charge in [0, 0.05) is 11.1 Å². The van der Waals surface area contributed by atoms with Crippen molar-refractivity contribution in [2.75, 3.05) is 0 Å². The standard InChI is InChI=1S/C16H10N4S2/c1-3-7-11(8-4-1)13-17-19-15(21-13)16-20-18-14(22-16)12-9-5-2-6-10-12/h1-10H. The molecule has 2 heterocycles. The molecule has 0 fully saturated rings. The van der Waals surface area contributed by atoms with E-state index in [-0.39, 0.29) is 0 Å². The summed E-state index contributed by atoms with van der Waals surface area (Å²) in [6.07, 6.45) is 0. The van der Waals surface area contributed by atoms with E-state index in [2.05, 4.69) is 20.4 Å². The van der Waals surface area contributed by atoms with E-state index >= 15 is 0 Å². The molecule has 0 saturated carbocycles. The predicted octanol–water partition coefficient (Wildman–Crippen LogP) is 4.39. The van der Waals surface area contributed by atoms with Gasteiger partial charge in [0.1, 0.15) is 10.0 Å². The van der Waals surface area contributed by atoms with Crippen LogP contribution in [0.4, 0.5) is 0 Å². The molecule has 0 aliphatic heterocycles. The molecule has 22 heavy (non-hydrogen) atoms. The second-order valence-corrected chi connectivity index (χ2v) is 6.51. The number of nitrogens with zero attached hydrogens (tertiary/aromatic N) is 4. The van der Waals surface area contributed by atoms with Crippen LogP contribution in [0.3, 0.4) is 0 Å². The summed E-state index contributed by atoms with van der Waals surface area (Å²) < 4.78 is 0. The molecule has 0 aliphatic rings. The lowest BCUT2D eigenvalue weighted by Gasteiger charge is -1.91. The number of rotatable bonds is 3. The summed E-state index contributed by atoms with van der Waals surface area (Å²) >= 11 is 3.07. The number of hydrogen-bond donors (Lipinski definition) is 0. The Labute approximate surface area is 135 Å². The van der Waals surface area contributed by atoms with Gasteiger partial charge in [-0.05, 0) is 0 Å². The van der Waals surface area contributed by atoms with Gasteiger partial charge in [-0.3, -0.25) is 0 Å². The quantitative estimate of drug-likeness (QED) is 0.561. The molecule has 0 amide bonds. The van der Waals surface area contributed by atoms with E-state index < -0.39 is 0 Å². The minimum absolute atomic E-state index is 0.804. The number of aromatic nitrogens is 4. The zero-order chi connectivity index (χ0) is 14.8. The fourth-order valence-electron chi connectivity index (χ4n) is 2.01. The normalized spacial score (nSPS) is 10.7. The Hall–Kier alpha value is -2.44. The maximum atomic E-state index is 4.25.